The van der Waals surface area contributed by atoms with Gasteiger partial charge in [0.1, 0.15) is 6.04 Å². The van der Waals surface area contributed by atoms with Gasteiger partial charge >= 0.3 is 0 Å². The molecule has 2 aromatic rings. The predicted octanol–water partition coefficient (Wildman–Crippen LogP) is 3.74. The molecule has 0 radical (unpaired) electrons. The van der Waals surface area contributed by atoms with Crippen molar-refractivity contribution in [3.63, 3.8) is 0 Å². The number of benzene rings is 2. The van der Waals surface area contributed by atoms with Crippen molar-refractivity contribution in [3.05, 3.63) is 65.2 Å². The van der Waals surface area contributed by atoms with Crippen molar-refractivity contribution >= 4 is 11.6 Å². The largest absolute Gasteiger partial charge is 0.333 e. The molecule has 0 unspecified atom stereocenters. The molecule has 0 saturated carbocycles. The molecule has 0 spiro atoms. The van der Waals surface area contributed by atoms with E-state index in [0.29, 0.717) is 11.5 Å². The molecule has 3 nitrogen and oxygen atoms in total. The fourth-order valence-corrected chi connectivity index (χ4v) is 2.56. The third-order valence-electron chi connectivity index (χ3n) is 4.50. The Hall–Kier alpha value is -2.27. The Balaban J connectivity index is 1.86. The van der Waals surface area contributed by atoms with Crippen LogP contribution >= 0.6 is 0 Å². The molecule has 5 heteroatoms. The van der Waals surface area contributed by atoms with Gasteiger partial charge in [-0.05, 0) is 55.2 Å². The standard InChI is InChI=1S/C20H24F2N2O/c1-4-13(2)15-5-8-17(9-6-15)24-20(25)12-23-14(3)16-7-10-18(21)19(22)11-16/h5-11,13-14,23H,4,12H2,1-3H3,(H,24,25)/p+1/t13-,14-/m0/s1. The van der Waals surface area contributed by atoms with Crippen LogP contribution in [0.2, 0.25) is 0 Å². The van der Waals surface area contributed by atoms with Gasteiger partial charge in [-0.25, -0.2) is 8.78 Å². The minimum Gasteiger partial charge on any atom is -0.333 e. The predicted molar refractivity (Wildman–Crippen MR) is 95.3 cm³/mol. The Morgan fingerprint density at radius 2 is 1.68 bits per heavy atom. The highest BCUT2D eigenvalue weighted by Crippen LogP contribution is 2.20. The molecule has 134 valence electrons. The summed E-state index contributed by atoms with van der Waals surface area (Å²) in [5.74, 6) is -1.38. The van der Waals surface area contributed by atoms with Gasteiger partial charge in [-0.15, -0.1) is 0 Å². The van der Waals surface area contributed by atoms with Crippen molar-refractivity contribution in [1.82, 2.24) is 0 Å². The molecule has 0 aliphatic heterocycles. The van der Waals surface area contributed by atoms with Crippen molar-refractivity contribution in [1.29, 1.82) is 0 Å². The van der Waals surface area contributed by atoms with Crippen LogP contribution in [0.25, 0.3) is 0 Å². The number of amides is 1. The third-order valence-corrected chi connectivity index (χ3v) is 4.50. The zero-order valence-electron chi connectivity index (χ0n) is 14.9. The van der Waals surface area contributed by atoms with Gasteiger partial charge < -0.3 is 10.6 Å². The zero-order chi connectivity index (χ0) is 18.4. The van der Waals surface area contributed by atoms with Crippen LogP contribution in [-0.2, 0) is 4.79 Å². The normalized spacial score (nSPS) is 13.3. The molecule has 0 aromatic heterocycles. The SMILES string of the molecule is CC[C@H](C)c1ccc(NC(=O)C[NH2+][C@@H](C)c2ccc(F)c(F)c2)cc1. The topological polar surface area (TPSA) is 45.7 Å². The molecule has 0 fully saturated rings. The number of halogens is 2. The van der Waals surface area contributed by atoms with Crippen LogP contribution in [0.4, 0.5) is 14.5 Å². The minimum absolute atomic E-state index is 0.134. The molecule has 2 rings (SSSR count). The molecule has 0 bridgehead atoms. The second kappa shape index (κ2) is 8.72. The van der Waals surface area contributed by atoms with Gasteiger partial charge in [-0.1, -0.05) is 26.0 Å². The van der Waals surface area contributed by atoms with Crippen LogP contribution in [0.3, 0.4) is 0 Å². The van der Waals surface area contributed by atoms with Crippen molar-refractivity contribution in [3.8, 4) is 0 Å². The summed E-state index contributed by atoms with van der Waals surface area (Å²) in [6, 6.07) is 11.5. The van der Waals surface area contributed by atoms with Crippen molar-refractivity contribution in [2.24, 2.45) is 0 Å². The lowest BCUT2D eigenvalue weighted by Gasteiger charge is -2.12. The molecule has 2 atom stereocenters. The van der Waals surface area contributed by atoms with E-state index in [2.05, 4.69) is 19.2 Å². The van der Waals surface area contributed by atoms with E-state index >= 15 is 0 Å². The summed E-state index contributed by atoms with van der Waals surface area (Å²) >= 11 is 0. The maximum Gasteiger partial charge on any atom is 0.279 e. The minimum atomic E-state index is -0.872. The molecular formula is C20H25F2N2O+. The van der Waals surface area contributed by atoms with Gasteiger partial charge in [-0.2, -0.15) is 0 Å². The van der Waals surface area contributed by atoms with Crippen LogP contribution in [0, 0.1) is 11.6 Å². The van der Waals surface area contributed by atoms with Gasteiger partial charge in [0.2, 0.25) is 0 Å². The molecular weight excluding hydrogens is 322 g/mol. The average Bonchev–Trinajstić information content (AvgIpc) is 2.62. The fraction of sp³-hybridized carbons (Fsp3) is 0.350. The van der Waals surface area contributed by atoms with E-state index in [1.807, 2.05) is 31.2 Å². The highest BCUT2D eigenvalue weighted by Gasteiger charge is 2.14. The number of quaternary nitrogens is 1. The second-order valence-electron chi connectivity index (χ2n) is 6.38. The van der Waals surface area contributed by atoms with E-state index in [0.717, 1.165) is 18.2 Å². The molecule has 0 aliphatic rings. The van der Waals surface area contributed by atoms with Crippen molar-refractivity contribution < 1.29 is 18.9 Å². The quantitative estimate of drug-likeness (QED) is 0.787. The lowest BCUT2D eigenvalue weighted by molar-refractivity contribution is -0.682. The molecule has 0 heterocycles. The number of carbonyl (C=O) groups is 1. The highest BCUT2D eigenvalue weighted by molar-refractivity contribution is 5.91. The van der Waals surface area contributed by atoms with Gasteiger partial charge in [0, 0.05) is 11.3 Å². The molecule has 1 amide bonds. The van der Waals surface area contributed by atoms with Crippen LogP contribution in [0.5, 0.6) is 0 Å². The summed E-state index contributed by atoms with van der Waals surface area (Å²) in [6.45, 7) is 6.36. The Bertz CT molecular complexity index is 716. The van der Waals surface area contributed by atoms with Crippen LogP contribution in [-0.4, -0.2) is 12.5 Å². The van der Waals surface area contributed by atoms with E-state index in [9.17, 15) is 13.6 Å². The first-order chi connectivity index (χ1) is 11.9. The van der Waals surface area contributed by atoms with E-state index in [1.165, 1.54) is 17.7 Å². The number of carbonyl (C=O) groups excluding carboxylic acids is 1. The first kappa shape index (κ1) is 19.1. The Kier molecular flexibility index (Phi) is 6.65. The third kappa shape index (κ3) is 5.36. The molecule has 0 saturated heterocycles. The Labute approximate surface area is 147 Å². The molecule has 3 N–H and O–H groups in total. The molecule has 25 heavy (non-hydrogen) atoms. The summed E-state index contributed by atoms with van der Waals surface area (Å²) in [5, 5.41) is 4.64. The summed E-state index contributed by atoms with van der Waals surface area (Å²) in [5.41, 5.74) is 2.65. The summed E-state index contributed by atoms with van der Waals surface area (Å²) in [4.78, 5) is 12.1. The second-order valence-corrected chi connectivity index (χ2v) is 6.38. The maximum absolute atomic E-state index is 13.3. The van der Waals surface area contributed by atoms with Crippen molar-refractivity contribution in [2.45, 2.75) is 39.2 Å². The van der Waals surface area contributed by atoms with E-state index in [-0.39, 0.29) is 18.5 Å². The number of anilines is 1. The van der Waals surface area contributed by atoms with Crippen LogP contribution < -0.4 is 10.6 Å². The zero-order valence-corrected chi connectivity index (χ0v) is 14.9. The number of rotatable bonds is 7. The number of nitrogens with one attached hydrogen (secondary N) is 1. The van der Waals surface area contributed by atoms with Crippen LogP contribution in [0.1, 0.15) is 50.3 Å². The fourth-order valence-electron chi connectivity index (χ4n) is 2.56. The smallest absolute Gasteiger partial charge is 0.279 e. The average molecular weight is 347 g/mol. The van der Waals surface area contributed by atoms with Gasteiger partial charge in [-0.3, -0.25) is 4.79 Å². The van der Waals surface area contributed by atoms with Crippen LogP contribution in [0.15, 0.2) is 42.5 Å². The monoisotopic (exact) mass is 347 g/mol. The van der Waals surface area contributed by atoms with Gasteiger partial charge in [0.05, 0.1) is 0 Å². The first-order valence-corrected chi connectivity index (χ1v) is 8.58. The van der Waals surface area contributed by atoms with E-state index < -0.39 is 11.6 Å². The van der Waals surface area contributed by atoms with Crippen molar-refractivity contribution in [2.75, 3.05) is 11.9 Å². The van der Waals surface area contributed by atoms with E-state index in [4.69, 9.17) is 0 Å². The number of hydrogen-bond donors (Lipinski definition) is 2. The number of hydrogen-bond acceptors (Lipinski definition) is 1. The summed E-state index contributed by atoms with van der Waals surface area (Å²) in [6.07, 6.45) is 1.07. The summed E-state index contributed by atoms with van der Waals surface area (Å²) < 4.78 is 26.2. The lowest BCUT2D eigenvalue weighted by Crippen LogP contribution is -2.86. The summed E-state index contributed by atoms with van der Waals surface area (Å²) in [7, 11) is 0. The molecule has 2 aromatic carbocycles. The van der Waals surface area contributed by atoms with E-state index in [1.54, 1.807) is 5.32 Å². The lowest BCUT2D eigenvalue weighted by atomic mass is 9.99. The first-order valence-electron chi connectivity index (χ1n) is 8.58. The Morgan fingerprint density at radius 1 is 1.04 bits per heavy atom. The number of nitrogens with two attached hydrogens (primary N) is 1. The highest BCUT2D eigenvalue weighted by atomic mass is 19.2. The maximum atomic E-state index is 13.3. The van der Waals surface area contributed by atoms with Gasteiger partial charge in [0.15, 0.2) is 18.2 Å². The Morgan fingerprint density at radius 3 is 2.28 bits per heavy atom. The molecule has 0 aliphatic carbocycles. The van der Waals surface area contributed by atoms with Gasteiger partial charge in [0.25, 0.3) is 5.91 Å².